The number of rotatable bonds is 16. The van der Waals surface area contributed by atoms with Crippen molar-refractivity contribution >= 4 is 23.0 Å². The molecular formula is C21H47NO5Si2. The van der Waals surface area contributed by atoms with Gasteiger partial charge in [-0.15, -0.1) is 0 Å². The van der Waals surface area contributed by atoms with E-state index < -0.39 is 17.0 Å². The molecule has 0 aromatic rings. The van der Waals surface area contributed by atoms with Gasteiger partial charge in [-0.05, 0) is 42.9 Å². The molecule has 0 N–H and O–H groups in total. The molecule has 6 nitrogen and oxygen atoms in total. The molecule has 0 fully saturated rings. The number of carbonyl (C=O) groups excluding carboxylic acids is 1. The molecule has 0 spiro atoms. The van der Waals surface area contributed by atoms with E-state index in [0.717, 1.165) is 32.0 Å². The molecule has 8 heteroatoms. The second-order valence-electron chi connectivity index (χ2n) is 8.65. The Morgan fingerprint density at radius 2 is 1.31 bits per heavy atom. The summed E-state index contributed by atoms with van der Waals surface area (Å²) in [6, 6.07) is 0.807. The van der Waals surface area contributed by atoms with E-state index in [1.54, 1.807) is 21.3 Å². The Labute approximate surface area is 182 Å². The first-order chi connectivity index (χ1) is 13.6. The highest BCUT2D eigenvalue weighted by Gasteiger charge is 2.47. The van der Waals surface area contributed by atoms with Crippen molar-refractivity contribution in [3.05, 3.63) is 0 Å². The molecule has 0 atom stereocenters. The molecule has 174 valence electrons. The van der Waals surface area contributed by atoms with Crippen LogP contribution in [0.1, 0.15) is 67.7 Å². The second-order valence-corrected chi connectivity index (χ2v) is 17.6. The minimum absolute atomic E-state index is 0.0961. The zero-order valence-electron chi connectivity index (χ0n) is 20.7. The van der Waals surface area contributed by atoms with E-state index in [9.17, 15) is 4.79 Å². The molecule has 0 heterocycles. The van der Waals surface area contributed by atoms with Crippen LogP contribution >= 0.6 is 0 Å². The highest BCUT2D eigenvalue weighted by atomic mass is 28.4. The van der Waals surface area contributed by atoms with E-state index in [4.69, 9.17) is 18.0 Å². The second kappa shape index (κ2) is 13.9. The number of esters is 1. The zero-order valence-corrected chi connectivity index (χ0v) is 22.7. The van der Waals surface area contributed by atoms with Crippen molar-refractivity contribution in [2.45, 2.75) is 90.4 Å². The Morgan fingerprint density at radius 1 is 0.828 bits per heavy atom. The smallest absolute Gasteiger partial charge is 0.466 e. The summed E-state index contributed by atoms with van der Waals surface area (Å²) in [5, 5.41) is 0. The van der Waals surface area contributed by atoms with E-state index in [1.807, 2.05) is 6.92 Å². The maximum absolute atomic E-state index is 12.1. The van der Waals surface area contributed by atoms with Crippen LogP contribution in [0.15, 0.2) is 0 Å². The summed E-state index contributed by atoms with van der Waals surface area (Å²) in [5.74, 6) is -0.0961. The Morgan fingerprint density at radius 3 is 1.69 bits per heavy atom. The van der Waals surface area contributed by atoms with Gasteiger partial charge < -0.3 is 22.6 Å². The van der Waals surface area contributed by atoms with E-state index in [2.05, 4.69) is 46.1 Å². The zero-order chi connectivity index (χ0) is 22.7. The molecule has 0 saturated carbocycles. The molecule has 0 amide bonds. The van der Waals surface area contributed by atoms with E-state index in [0.29, 0.717) is 29.7 Å². The van der Waals surface area contributed by atoms with Crippen LogP contribution in [-0.2, 0) is 22.8 Å². The number of hydrogen-bond acceptors (Lipinski definition) is 6. The first-order valence-corrected chi connectivity index (χ1v) is 15.2. The predicted molar refractivity (Wildman–Crippen MR) is 125 cm³/mol. The minimum atomic E-state index is -2.53. The van der Waals surface area contributed by atoms with E-state index in [1.165, 1.54) is 0 Å². The maximum atomic E-state index is 12.1. The van der Waals surface area contributed by atoms with E-state index >= 15 is 0 Å². The fourth-order valence-corrected chi connectivity index (χ4v) is 14.3. The number of hydrogen-bond donors (Lipinski definition) is 0. The Hall–Kier alpha value is -0.256. The monoisotopic (exact) mass is 449 g/mol. The summed E-state index contributed by atoms with van der Waals surface area (Å²) in [6.45, 7) is 18.3. The molecule has 0 unspecified atom stereocenters. The van der Waals surface area contributed by atoms with Crippen molar-refractivity contribution in [1.82, 2.24) is 4.57 Å². The summed E-state index contributed by atoms with van der Waals surface area (Å²) in [5.41, 5.74) is 1.82. The van der Waals surface area contributed by atoms with Gasteiger partial charge in [0.1, 0.15) is 8.24 Å². The van der Waals surface area contributed by atoms with Gasteiger partial charge in [-0.3, -0.25) is 4.79 Å². The fraction of sp³-hybridized carbons (Fsp3) is 0.952. The standard InChI is InChI=1S/C21H47NO5Si2/c1-11-27-21(23)14-16-22(29(18(2)3,19(4)5)20(6)7)15-12-13-17-28(24-8,25-9)26-10/h18-20H,11-17H2,1-10H3. The third-order valence-electron chi connectivity index (χ3n) is 6.31. The lowest BCUT2D eigenvalue weighted by Crippen LogP contribution is -2.60. The summed E-state index contributed by atoms with van der Waals surface area (Å²) in [4.78, 5) is 12.1. The number of nitrogens with zero attached hydrogens (tertiary/aromatic N) is 1. The number of carbonyl (C=O) groups is 1. The van der Waals surface area contributed by atoms with Gasteiger partial charge in [0.25, 0.3) is 0 Å². The van der Waals surface area contributed by atoms with Gasteiger partial charge >= 0.3 is 14.8 Å². The Kier molecular flexibility index (Phi) is 13.8. The van der Waals surface area contributed by atoms with Gasteiger partial charge in [0.15, 0.2) is 0 Å². The van der Waals surface area contributed by atoms with Gasteiger partial charge in [0.05, 0.1) is 13.0 Å². The highest BCUT2D eigenvalue weighted by Crippen LogP contribution is 2.44. The molecule has 0 rings (SSSR count). The quantitative estimate of drug-likeness (QED) is 0.186. The van der Waals surface area contributed by atoms with Gasteiger partial charge in [0, 0.05) is 33.9 Å². The van der Waals surface area contributed by atoms with E-state index in [-0.39, 0.29) is 5.97 Å². The average Bonchev–Trinajstić information content (AvgIpc) is 2.66. The Balaban J connectivity index is 5.40. The Bertz CT molecular complexity index is 426. The topological polar surface area (TPSA) is 57.2 Å². The molecule has 0 bridgehead atoms. The predicted octanol–water partition coefficient (Wildman–Crippen LogP) is 5.08. The molecule has 0 aromatic carbocycles. The van der Waals surface area contributed by atoms with Crippen LogP contribution in [0.3, 0.4) is 0 Å². The van der Waals surface area contributed by atoms with Crippen molar-refractivity contribution in [1.29, 1.82) is 0 Å². The molecule has 29 heavy (non-hydrogen) atoms. The third kappa shape index (κ3) is 7.74. The van der Waals surface area contributed by atoms with Crippen LogP contribution in [-0.4, -0.2) is 68.6 Å². The fourth-order valence-electron chi connectivity index (χ4n) is 5.25. The average molecular weight is 450 g/mol. The summed E-state index contributed by atoms with van der Waals surface area (Å²) in [6.07, 6.45) is 2.48. The van der Waals surface area contributed by atoms with Crippen LogP contribution < -0.4 is 0 Å². The van der Waals surface area contributed by atoms with Crippen molar-refractivity contribution < 1.29 is 22.8 Å². The van der Waals surface area contributed by atoms with Gasteiger partial charge in [0.2, 0.25) is 0 Å². The lowest BCUT2D eigenvalue weighted by molar-refractivity contribution is -0.143. The van der Waals surface area contributed by atoms with Crippen molar-refractivity contribution in [3.63, 3.8) is 0 Å². The number of unbranched alkanes of at least 4 members (excludes halogenated alkanes) is 1. The largest absolute Gasteiger partial charge is 0.500 e. The van der Waals surface area contributed by atoms with Crippen LogP contribution in [0.4, 0.5) is 0 Å². The van der Waals surface area contributed by atoms with Crippen molar-refractivity contribution in [3.8, 4) is 0 Å². The lowest BCUT2D eigenvalue weighted by Gasteiger charge is -2.51. The highest BCUT2D eigenvalue weighted by molar-refractivity contribution is 6.81. The van der Waals surface area contributed by atoms with Gasteiger partial charge in [-0.25, -0.2) is 0 Å². The molecule has 0 aliphatic rings. The molecule has 0 radical (unpaired) electrons. The number of ether oxygens (including phenoxy) is 1. The lowest BCUT2D eigenvalue weighted by atomic mass is 10.3. The third-order valence-corrected chi connectivity index (χ3v) is 16.2. The van der Waals surface area contributed by atoms with Gasteiger partial charge in [-0.2, -0.15) is 0 Å². The molecule has 0 aliphatic heterocycles. The van der Waals surface area contributed by atoms with Crippen molar-refractivity contribution in [2.24, 2.45) is 0 Å². The normalized spacial score (nSPS) is 13.2. The minimum Gasteiger partial charge on any atom is -0.466 e. The van der Waals surface area contributed by atoms with Crippen LogP contribution in [0.25, 0.3) is 0 Å². The maximum Gasteiger partial charge on any atom is 0.500 e. The summed E-state index contributed by atoms with van der Waals surface area (Å²) < 4.78 is 24.6. The summed E-state index contributed by atoms with van der Waals surface area (Å²) >= 11 is 0. The van der Waals surface area contributed by atoms with Crippen LogP contribution in [0.2, 0.25) is 22.7 Å². The summed E-state index contributed by atoms with van der Waals surface area (Å²) in [7, 11) is 0.644. The molecule has 0 aliphatic carbocycles. The van der Waals surface area contributed by atoms with Crippen LogP contribution in [0, 0.1) is 0 Å². The first kappa shape index (κ1) is 28.7. The van der Waals surface area contributed by atoms with Gasteiger partial charge in [-0.1, -0.05) is 41.5 Å². The first-order valence-electron chi connectivity index (χ1n) is 11.1. The SMILES string of the molecule is CCOC(=O)CCN(CCCC[Si](OC)(OC)OC)[Si](C(C)C)(C(C)C)C(C)C. The molecule has 0 aromatic heterocycles. The molecule has 0 saturated heterocycles. The molecular weight excluding hydrogens is 402 g/mol. The van der Waals surface area contributed by atoms with Crippen molar-refractivity contribution in [2.75, 3.05) is 41.0 Å². The van der Waals surface area contributed by atoms with Crippen LogP contribution in [0.5, 0.6) is 0 Å².